The Bertz CT molecular complexity index is 1250. The van der Waals surface area contributed by atoms with Gasteiger partial charge in [-0.2, -0.15) is 9.78 Å². The molecule has 172 valence electrons. The molecular formula is C26H28BrN3O3. The van der Waals surface area contributed by atoms with E-state index in [9.17, 15) is 4.79 Å². The number of aromatic nitrogens is 2. The summed E-state index contributed by atoms with van der Waals surface area (Å²) in [6.45, 7) is 12.4. The van der Waals surface area contributed by atoms with Crippen LogP contribution in [0.5, 0.6) is 11.5 Å². The third kappa shape index (κ3) is 5.79. The molecule has 0 atom stereocenters. The number of nitrogens with zero attached hydrogens (tertiary/aromatic N) is 3. The topological polar surface area (TPSA) is 65.7 Å². The maximum absolute atomic E-state index is 13.2. The predicted molar refractivity (Wildman–Crippen MR) is 138 cm³/mol. The van der Waals surface area contributed by atoms with Gasteiger partial charge in [0.15, 0.2) is 11.5 Å². The van der Waals surface area contributed by atoms with Crippen LogP contribution in [0.25, 0.3) is 10.9 Å². The molecule has 33 heavy (non-hydrogen) atoms. The maximum atomic E-state index is 13.2. The van der Waals surface area contributed by atoms with Crippen LogP contribution in [-0.2, 0) is 12.8 Å². The number of aryl methyl sites for hydroxylation is 1. The summed E-state index contributed by atoms with van der Waals surface area (Å²) in [6.07, 6.45) is 7.23. The number of rotatable bonds is 11. The lowest BCUT2D eigenvalue weighted by Crippen LogP contribution is -2.22. The third-order valence-electron chi connectivity index (χ3n) is 4.83. The van der Waals surface area contributed by atoms with Crippen LogP contribution in [0.3, 0.4) is 0 Å². The average molecular weight is 510 g/mol. The highest BCUT2D eigenvalue weighted by Gasteiger charge is 2.14. The Morgan fingerprint density at radius 2 is 1.97 bits per heavy atom. The fourth-order valence-electron chi connectivity index (χ4n) is 3.46. The fraction of sp³-hybridized carbons (Fsp3) is 0.269. The van der Waals surface area contributed by atoms with E-state index in [4.69, 9.17) is 9.47 Å². The monoisotopic (exact) mass is 509 g/mol. The van der Waals surface area contributed by atoms with Crippen molar-refractivity contribution < 1.29 is 9.47 Å². The zero-order valence-corrected chi connectivity index (χ0v) is 20.6. The molecular weight excluding hydrogens is 482 g/mol. The number of hydrogen-bond acceptors (Lipinski definition) is 5. The van der Waals surface area contributed by atoms with Crippen molar-refractivity contribution in [2.45, 2.75) is 33.1 Å². The molecule has 0 amide bonds. The van der Waals surface area contributed by atoms with E-state index in [-0.39, 0.29) is 5.56 Å². The summed E-state index contributed by atoms with van der Waals surface area (Å²) in [5.41, 5.74) is 2.16. The molecule has 0 aliphatic carbocycles. The van der Waals surface area contributed by atoms with E-state index in [0.717, 1.165) is 22.0 Å². The summed E-state index contributed by atoms with van der Waals surface area (Å²) in [4.78, 5) is 17.9. The summed E-state index contributed by atoms with van der Waals surface area (Å²) in [5, 5.41) is 5.04. The van der Waals surface area contributed by atoms with E-state index in [1.807, 2.05) is 44.2 Å². The van der Waals surface area contributed by atoms with Gasteiger partial charge in [0.25, 0.3) is 5.56 Å². The van der Waals surface area contributed by atoms with Crippen molar-refractivity contribution in [2.75, 3.05) is 13.2 Å². The number of hydrogen-bond donors (Lipinski definition) is 0. The van der Waals surface area contributed by atoms with Crippen molar-refractivity contribution >= 4 is 33.0 Å². The molecule has 1 aromatic heterocycles. The van der Waals surface area contributed by atoms with Crippen molar-refractivity contribution in [3.05, 3.63) is 87.4 Å². The second kappa shape index (κ2) is 11.6. The first-order valence-corrected chi connectivity index (χ1v) is 11.7. The van der Waals surface area contributed by atoms with E-state index in [1.165, 1.54) is 4.68 Å². The normalized spacial score (nSPS) is 11.1. The first-order valence-electron chi connectivity index (χ1n) is 10.9. The van der Waals surface area contributed by atoms with Gasteiger partial charge in [-0.1, -0.05) is 41.6 Å². The number of ether oxygens (including phenoxy) is 2. The van der Waals surface area contributed by atoms with Crippen LogP contribution in [-0.4, -0.2) is 29.1 Å². The highest BCUT2D eigenvalue weighted by Crippen LogP contribution is 2.33. The van der Waals surface area contributed by atoms with Gasteiger partial charge in [0.1, 0.15) is 12.4 Å². The molecule has 3 rings (SSSR count). The highest BCUT2D eigenvalue weighted by molar-refractivity contribution is 9.10. The molecule has 0 saturated carbocycles. The zero-order chi connectivity index (χ0) is 23.8. The standard InChI is InChI=1S/C26H28BrN3O3/c1-5-9-19-14-18(15-23(32-8-4)25(19)33-13-7-3)17-28-30-24(10-6-2)29-22-12-11-20(27)16-21(22)26(30)31/h5,7,11-12,14-17H,1,3,6,8-10,13H2,2,4H3. The molecule has 0 unspecified atom stereocenters. The molecule has 0 fully saturated rings. The average Bonchev–Trinajstić information content (AvgIpc) is 2.79. The number of benzene rings is 2. The minimum Gasteiger partial charge on any atom is -0.490 e. The van der Waals surface area contributed by atoms with Crippen LogP contribution < -0.4 is 15.0 Å². The molecule has 3 aromatic rings. The van der Waals surface area contributed by atoms with Crippen LogP contribution in [0.1, 0.15) is 37.2 Å². The number of allylic oxidation sites excluding steroid dienone is 1. The van der Waals surface area contributed by atoms with Gasteiger partial charge < -0.3 is 9.47 Å². The summed E-state index contributed by atoms with van der Waals surface area (Å²) in [6, 6.07) is 9.30. The Hall–Kier alpha value is -3.19. The van der Waals surface area contributed by atoms with Gasteiger partial charge in [0.05, 0.1) is 23.7 Å². The van der Waals surface area contributed by atoms with Crippen LogP contribution in [0.2, 0.25) is 0 Å². The largest absolute Gasteiger partial charge is 0.490 e. The summed E-state index contributed by atoms with van der Waals surface area (Å²) >= 11 is 3.43. The molecule has 2 aromatic carbocycles. The molecule has 0 bridgehead atoms. The lowest BCUT2D eigenvalue weighted by Gasteiger charge is -2.16. The van der Waals surface area contributed by atoms with Gasteiger partial charge in [0, 0.05) is 16.5 Å². The molecule has 6 nitrogen and oxygen atoms in total. The SMILES string of the molecule is C=CCOc1c(CC=C)cc(C=Nn2c(CCC)nc3ccc(Br)cc3c2=O)cc1OCC. The summed E-state index contributed by atoms with van der Waals surface area (Å²) in [7, 11) is 0. The Balaban J connectivity index is 2.12. The molecule has 1 heterocycles. The minimum absolute atomic E-state index is 0.205. The van der Waals surface area contributed by atoms with Crippen LogP contribution in [0, 0.1) is 0 Å². The van der Waals surface area contributed by atoms with Gasteiger partial charge in [-0.3, -0.25) is 4.79 Å². The van der Waals surface area contributed by atoms with E-state index in [0.29, 0.717) is 54.3 Å². The van der Waals surface area contributed by atoms with E-state index in [1.54, 1.807) is 18.4 Å². The molecule has 0 saturated heterocycles. The molecule has 7 heteroatoms. The van der Waals surface area contributed by atoms with Crippen molar-refractivity contribution in [2.24, 2.45) is 5.10 Å². The second-order valence-corrected chi connectivity index (χ2v) is 8.25. The lowest BCUT2D eigenvalue weighted by atomic mass is 10.1. The Kier molecular flexibility index (Phi) is 8.60. The van der Waals surface area contributed by atoms with Crippen LogP contribution in [0.15, 0.2) is 70.0 Å². The van der Waals surface area contributed by atoms with Crippen LogP contribution >= 0.6 is 15.9 Å². The fourth-order valence-corrected chi connectivity index (χ4v) is 3.82. The summed E-state index contributed by atoms with van der Waals surface area (Å²) < 4.78 is 13.9. The molecule has 0 spiro atoms. The van der Waals surface area contributed by atoms with E-state index in [2.05, 4.69) is 39.2 Å². The quantitative estimate of drug-likeness (QED) is 0.246. The van der Waals surface area contributed by atoms with Gasteiger partial charge in [-0.05, 0) is 55.7 Å². The first kappa shape index (κ1) is 24.5. The van der Waals surface area contributed by atoms with Crippen molar-refractivity contribution in [1.29, 1.82) is 0 Å². The van der Waals surface area contributed by atoms with Crippen molar-refractivity contribution in [1.82, 2.24) is 9.66 Å². The van der Waals surface area contributed by atoms with Gasteiger partial charge >= 0.3 is 0 Å². The van der Waals surface area contributed by atoms with Gasteiger partial charge in [0.2, 0.25) is 0 Å². The smallest absolute Gasteiger partial charge is 0.282 e. The number of fused-ring (bicyclic) bond motifs is 1. The summed E-state index contributed by atoms with van der Waals surface area (Å²) in [5.74, 6) is 1.90. The predicted octanol–water partition coefficient (Wildman–Crippen LogP) is 5.69. The van der Waals surface area contributed by atoms with Crippen LogP contribution in [0.4, 0.5) is 0 Å². The third-order valence-corrected chi connectivity index (χ3v) is 5.33. The van der Waals surface area contributed by atoms with Crippen molar-refractivity contribution in [3.63, 3.8) is 0 Å². The highest BCUT2D eigenvalue weighted by atomic mass is 79.9. The molecule has 0 N–H and O–H groups in total. The zero-order valence-electron chi connectivity index (χ0n) is 19.0. The Morgan fingerprint density at radius 3 is 2.67 bits per heavy atom. The maximum Gasteiger partial charge on any atom is 0.282 e. The van der Waals surface area contributed by atoms with E-state index >= 15 is 0 Å². The minimum atomic E-state index is -0.205. The van der Waals surface area contributed by atoms with E-state index < -0.39 is 0 Å². The second-order valence-electron chi connectivity index (χ2n) is 7.33. The van der Waals surface area contributed by atoms with Gasteiger partial charge in [-0.15, -0.1) is 6.58 Å². The Morgan fingerprint density at radius 1 is 1.15 bits per heavy atom. The Labute approximate surface area is 202 Å². The molecule has 0 aliphatic rings. The van der Waals surface area contributed by atoms with Gasteiger partial charge in [-0.25, -0.2) is 4.98 Å². The number of halogens is 1. The lowest BCUT2D eigenvalue weighted by molar-refractivity contribution is 0.295. The molecule has 0 aliphatic heterocycles. The van der Waals surface area contributed by atoms with Crippen molar-refractivity contribution in [3.8, 4) is 11.5 Å². The molecule has 0 radical (unpaired) electrons. The first-order chi connectivity index (χ1) is 16.0.